The summed E-state index contributed by atoms with van der Waals surface area (Å²) in [7, 11) is 0. The molecule has 0 atom stereocenters. The number of ether oxygens (including phenoxy) is 4. The molecule has 4 rings (SSSR count). The summed E-state index contributed by atoms with van der Waals surface area (Å²) in [6.45, 7) is 8.05. The van der Waals surface area contributed by atoms with Crippen LogP contribution in [0.25, 0.3) is 0 Å². The first-order valence-electron chi connectivity index (χ1n) is 17.2. The molecular weight excluding hydrogens is 496 g/mol. The van der Waals surface area contributed by atoms with Crippen LogP contribution in [0.2, 0.25) is 0 Å². The normalized spacial score (nSPS) is 29.4. The molecule has 40 heavy (non-hydrogen) atoms. The summed E-state index contributed by atoms with van der Waals surface area (Å²) in [5.74, 6) is 3.95. The molecule has 0 saturated heterocycles. The van der Waals surface area contributed by atoms with Crippen molar-refractivity contribution in [2.24, 2.45) is 17.8 Å². The van der Waals surface area contributed by atoms with E-state index in [1.54, 1.807) is 0 Å². The summed E-state index contributed by atoms with van der Waals surface area (Å²) >= 11 is 0. The average molecular weight is 557 g/mol. The third-order valence-electron chi connectivity index (χ3n) is 10.00. The number of hydrogen-bond donors (Lipinski definition) is 0. The fraction of sp³-hybridized carbons (Fsp3) is 0.833. The number of hydrogen-bond acceptors (Lipinski definition) is 4. The maximum atomic E-state index is 6.26. The molecule has 3 aliphatic carbocycles. The molecule has 4 heteroatoms. The molecule has 0 unspecified atom stereocenters. The highest BCUT2D eigenvalue weighted by atomic mass is 16.5. The second-order valence-corrected chi connectivity index (χ2v) is 13.4. The van der Waals surface area contributed by atoms with E-state index >= 15 is 0 Å². The maximum Gasteiger partial charge on any atom is 0.119 e. The Kier molecular flexibility index (Phi) is 14.7. The summed E-state index contributed by atoms with van der Waals surface area (Å²) in [5.41, 5.74) is 1.27. The highest BCUT2D eigenvalue weighted by molar-refractivity contribution is 5.26. The highest BCUT2D eigenvalue weighted by Crippen LogP contribution is 2.40. The number of aryl methyl sites for hydroxylation is 1. The van der Waals surface area contributed by atoms with Crippen molar-refractivity contribution >= 4 is 0 Å². The monoisotopic (exact) mass is 556 g/mol. The molecule has 3 fully saturated rings. The second kappa shape index (κ2) is 18.4. The molecular formula is C36H60O4. The standard InChI is InChI=1S/C36H60O4/c1-29-9-13-31(14-10-29)32-15-19-34(20-16-32)39-27-7-8-28-40-36-23-21-35(22-24-36)38-26-6-4-3-5-25-37-33-17-11-30(2)12-18-33/h11-12,17-18,29,31-32,34-36H,3-10,13-16,19-28H2,1-2H3. The molecule has 0 bridgehead atoms. The lowest BCUT2D eigenvalue weighted by atomic mass is 9.71. The lowest BCUT2D eigenvalue weighted by molar-refractivity contribution is -0.0355. The van der Waals surface area contributed by atoms with Gasteiger partial charge in [-0.3, -0.25) is 0 Å². The SMILES string of the molecule is Cc1ccc(OCCCCCCOC2CCC(OCCCCOC3CCC(C4CCC(C)CC4)CC3)CC2)cc1. The lowest BCUT2D eigenvalue weighted by Gasteiger charge is -2.37. The molecule has 0 aromatic heterocycles. The molecule has 1 aromatic rings. The molecule has 4 nitrogen and oxygen atoms in total. The van der Waals surface area contributed by atoms with E-state index in [1.807, 2.05) is 0 Å². The maximum absolute atomic E-state index is 6.26. The van der Waals surface area contributed by atoms with Crippen LogP contribution >= 0.6 is 0 Å². The van der Waals surface area contributed by atoms with Gasteiger partial charge in [0.15, 0.2) is 0 Å². The van der Waals surface area contributed by atoms with Crippen LogP contribution in [0.15, 0.2) is 24.3 Å². The fourth-order valence-electron chi connectivity index (χ4n) is 7.19. The Balaban J connectivity index is 0.899. The average Bonchev–Trinajstić information content (AvgIpc) is 2.98. The predicted octanol–water partition coefficient (Wildman–Crippen LogP) is 9.46. The van der Waals surface area contributed by atoms with Crippen molar-refractivity contribution in [3.63, 3.8) is 0 Å². The topological polar surface area (TPSA) is 36.9 Å². The summed E-state index contributed by atoms with van der Waals surface area (Å²) in [5, 5.41) is 0. The van der Waals surface area contributed by atoms with Crippen molar-refractivity contribution in [2.45, 2.75) is 148 Å². The Morgan fingerprint density at radius 1 is 0.500 bits per heavy atom. The van der Waals surface area contributed by atoms with Gasteiger partial charge in [-0.15, -0.1) is 0 Å². The Hall–Kier alpha value is -1.10. The zero-order chi connectivity index (χ0) is 27.8. The third-order valence-corrected chi connectivity index (χ3v) is 10.00. The molecule has 0 heterocycles. The van der Waals surface area contributed by atoms with Gasteiger partial charge in [-0.25, -0.2) is 0 Å². The number of unbranched alkanes of at least 4 members (excludes halogenated alkanes) is 4. The zero-order valence-corrected chi connectivity index (χ0v) is 26.0. The zero-order valence-electron chi connectivity index (χ0n) is 26.0. The van der Waals surface area contributed by atoms with Crippen molar-refractivity contribution in [3.8, 4) is 5.75 Å². The van der Waals surface area contributed by atoms with E-state index in [4.69, 9.17) is 18.9 Å². The van der Waals surface area contributed by atoms with E-state index < -0.39 is 0 Å². The smallest absolute Gasteiger partial charge is 0.119 e. The molecule has 0 N–H and O–H groups in total. The van der Waals surface area contributed by atoms with Crippen LogP contribution < -0.4 is 4.74 Å². The first-order chi connectivity index (χ1) is 19.7. The quantitative estimate of drug-likeness (QED) is 0.179. The van der Waals surface area contributed by atoms with E-state index in [0.717, 1.165) is 101 Å². The first kappa shape index (κ1) is 31.8. The van der Waals surface area contributed by atoms with E-state index in [0.29, 0.717) is 18.3 Å². The van der Waals surface area contributed by atoms with Crippen LogP contribution in [0, 0.1) is 24.7 Å². The van der Waals surface area contributed by atoms with Crippen molar-refractivity contribution in [3.05, 3.63) is 29.8 Å². The van der Waals surface area contributed by atoms with Crippen molar-refractivity contribution in [2.75, 3.05) is 26.4 Å². The van der Waals surface area contributed by atoms with Gasteiger partial charge in [-0.2, -0.15) is 0 Å². The molecule has 0 amide bonds. The minimum absolute atomic E-state index is 0.437. The lowest BCUT2D eigenvalue weighted by Crippen LogP contribution is -2.28. The van der Waals surface area contributed by atoms with Gasteiger partial charge >= 0.3 is 0 Å². The van der Waals surface area contributed by atoms with Crippen molar-refractivity contribution < 1.29 is 18.9 Å². The van der Waals surface area contributed by atoms with E-state index in [1.165, 1.54) is 69.8 Å². The largest absolute Gasteiger partial charge is 0.494 e. The fourth-order valence-corrected chi connectivity index (χ4v) is 7.19. The van der Waals surface area contributed by atoms with E-state index in [2.05, 4.69) is 38.1 Å². The molecule has 228 valence electrons. The Morgan fingerprint density at radius 3 is 1.40 bits per heavy atom. The summed E-state index contributed by atoms with van der Waals surface area (Å²) < 4.78 is 24.5. The predicted molar refractivity (Wildman–Crippen MR) is 165 cm³/mol. The van der Waals surface area contributed by atoms with Crippen molar-refractivity contribution in [1.82, 2.24) is 0 Å². The molecule has 0 aliphatic heterocycles. The first-order valence-corrected chi connectivity index (χ1v) is 17.2. The van der Waals surface area contributed by atoms with Gasteiger partial charge in [-0.1, -0.05) is 43.9 Å². The van der Waals surface area contributed by atoms with Crippen LogP contribution in [-0.4, -0.2) is 44.7 Å². The molecule has 0 spiro atoms. The van der Waals surface area contributed by atoms with Gasteiger partial charge in [0, 0.05) is 19.8 Å². The van der Waals surface area contributed by atoms with Crippen molar-refractivity contribution in [1.29, 1.82) is 0 Å². The van der Waals surface area contributed by atoms with Crippen LogP contribution in [0.1, 0.15) is 128 Å². The van der Waals surface area contributed by atoms with Crippen LogP contribution in [0.5, 0.6) is 5.75 Å². The van der Waals surface area contributed by atoms with Gasteiger partial charge in [0.05, 0.1) is 24.9 Å². The molecule has 1 aromatic carbocycles. The minimum atomic E-state index is 0.437. The third kappa shape index (κ3) is 12.0. The molecule has 3 saturated carbocycles. The molecule has 0 radical (unpaired) electrons. The van der Waals surface area contributed by atoms with E-state index in [-0.39, 0.29) is 0 Å². The van der Waals surface area contributed by atoms with Crippen LogP contribution in [0.3, 0.4) is 0 Å². The highest BCUT2D eigenvalue weighted by Gasteiger charge is 2.30. The number of rotatable bonds is 17. The summed E-state index contributed by atoms with van der Waals surface area (Å²) in [6.07, 6.45) is 24.3. The van der Waals surface area contributed by atoms with Gasteiger partial charge in [0.25, 0.3) is 0 Å². The van der Waals surface area contributed by atoms with Gasteiger partial charge in [0.1, 0.15) is 5.75 Å². The van der Waals surface area contributed by atoms with Gasteiger partial charge < -0.3 is 18.9 Å². The Morgan fingerprint density at radius 2 is 0.900 bits per heavy atom. The molecule has 3 aliphatic rings. The van der Waals surface area contributed by atoms with Crippen LogP contribution in [-0.2, 0) is 14.2 Å². The minimum Gasteiger partial charge on any atom is -0.494 e. The summed E-state index contributed by atoms with van der Waals surface area (Å²) in [6, 6.07) is 8.32. The van der Waals surface area contributed by atoms with Gasteiger partial charge in [0.2, 0.25) is 0 Å². The second-order valence-electron chi connectivity index (χ2n) is 13.4. The van der Waals surface area contributed by atoms with Gasteiger partial charge in [-0.05, 0) is 133 Å². The van der Waals surface area contributed by atoms with Crippen LogP contribution in [0.4, 0.5) is 0 Å². The Labute approximate surface area is 246 Å². The summed E-state index contributed by atoms with van der Waals surface area (Å²) in [4.78, 5) is 0. The Bertz CT molecular complexity index is 756. The number of benzene rings is 1. The van der Waals surface area contributed by atoms with E-state index in [9.17, 15) is 0 Å².